The van der Waals surface area contributed by atoms with Gasteiger partial charge in [-0.15, -0.1) is 5.10 Å². The fourth-order valence-corrected chi connectivity index (χ4v) is 2.42. The van der Waals surface area contributed by atoms with Gasteiger partial charge >= 0.3 is 0 Å². The van der Waals surface area contributed by atoms with Gasteiger partial charge in [0.15, 0.2) is 0 Å². The molecule has 0 radical (unpaired) electrons. The Morgan fingerprint density at radius 2 is 1.88 bits per heavy atom. The Kier molecular flexibility index (Phi) is 5.28. The summed E-state index contributed by atoms with van der Waals surface area (Å²) >= 11 is 0. The number of ether oxygens (including phenoxy) is 1. The van der Waals surface area contributed by atoms with Crippen LogP contribution in [0, 0.1) is 6.92 Å². The molecule has 0 aliphatic heterocycles. The minimum absolute atomic E-state index is 0.0486. The van der Waals surface area contributed by atoms with Gasteiger partial charge in [-0.1, -0.05) is 29.8 Å². The third-order valence-electron chi connectivity index (χ3n) is 3.91. The highest BCUT2D eigenvalue weighted by atomic mass is 16.5. The number of anilines is 1. The molecule has 1 aromatic heterocycles. The smallest absolute Gasteiger partial charge is 0.295 e. The molecule has 2 aromatic carbocycles. The van der Waals surface area contributed by atoms with E-state index >= 15 is 0 Å². The molecule has 0 spiro atoms. The van der Waals surface area contributed by atoms with Crippen molar-refractivity contribution in [2.24, 2.45) is 0 Å². The Bertz CT molecular complexity index is 873. The molecule has 1 atom stereocenters. The maximum absolute atomic E-state index is 12.2. The van der Waals surface area contributed by atoms with Crippen LogP contribution in [-0.2, 0) is 6.54 Å². The van der Waals surface area contributed by atoms with E-state index in [2.05, 4.69) is 15.4 Å². The summed E-state index contributed by atoms with van der Waals surface area (Å²) in [4.78, 5) is 16.2. The van der Waals surface area contributed by atoms with E-state index in [0.717, 1.165) is 16.9 Å². The highest BCUT2D eigenvalue weighted by Crippen LogP contribution is 2.18. The molecule has 2 N–H and O–H groups in total. The van der Waals surface area contributed by atoms with Crippen LogP contribution in [0.1, 0.15) is 27.8 Å². The average Bonchev–Trinajstić information content (AvgIpc) is 3.12. The van der Waals surface area contributed by atoms with Crippen LogP contribution in [0.2, 0.25) is 0 Å². The molecular weight excluding hydrogens is 332 g/mol. The number of rotatable bonds is 6. The number of nitrogens with zero attached hydrogens (tertiary/aromatic N) is 3. The van der Waals surface area contributed by atoms with Crippen LogP contribution in [0.15, 0.2) is 54.9 Å². The number of carbonyl (C=O) groups excluding carboxylic acids is 1. The zero-order valence-corrected chi connectivity index (χ0v) is 14.6. The molecule has 0 unspecified atom stereocenters. The van der Waals surface area contributed by atoms with Gasteiger partial charge in [0.1, 0.15) is 12.1 Å². The number of aliphatic hydroxyl groups excluding tert-OH is 1. The van der Waals surface area contributed by atoms with Crippen molar-refractivity contribution in [3.63, 3.8) is 0 Å². The molecule has 3 rings (SSSR count). The molecule has 134 valence electrons. The molecule has 1 amide bonds. The molecule has 26 heavy (non-hydrogen) atoms. The maximum atomic E-state index is 12.2. The molecule has 1 heterocycles. The number of aliphatic hydroxyl groups is 1. The fraction of sp³-hybridized carbons (Fsp3) is 0.211. The minimum Gasteiger partial charge on any atom is -0.497 e. The van der Waals surface area contributed by atoms with E-state index in [4.69, 9.17) is 4.74 Å². The van der Waals surface area contributed by atoms with Gasteiger partial charge in [-0.25, -0.2) is 9.67 Å². The van der Waals surface area contributed by atoms with Crippen LogP contribution in [0.5, 0.6) is 5.75 Å². The van der Waals surface area contributed by atoms with Gasteiger partial charge in [0, 0.05) is 5.69 Å². The van der Waals surface area contributed by atoms with Crippen LogP contribution in [0.25, 0.3) is 0 Å². The zero-order valence-electron chi connectivity index (χ0n) is 14.6. The molecular formula is C19H20N4O3. The number of hydrogen-bond acceptors (Lipinski definition) is 5. The van der Waals surface area contributed by atoms with Crippen molar-refractivity contribution in [1.82, 2.24) is 14.8 Å². The van der Waals surface area contributed by atoms with Crippen LogP contribution < -0.4 is 10.1 Å². The summed E-state index contributed by atoms with van der Waals surface area (Å²) < 4.78 is 6.54. The molecule has 0 bridgehead atoms. The third kappa shape index (κ3) is 4.25. The average molecular weight is 352 g/mol. The predicted octanol–water partition coefficient (Wildman–Crippen LogP) is 2.58. The second kappa shape index (κ2) is 7.79. The SMILES string of the molecule is COc1ccc([C@@H](O)Cn2cnc(C(=O)Nc3ccc(C)cc3)n2)cc1. The fourth-order valence-electron chi connectivity index (χ4n) is 2.42. The van der Waals surface area contributed by atoms with E-state index in [1.54, 1.807) is 31.4 Å². The number of nitrogens with one attached hydrogen (secondary N) is 1. The second-order valence-electron chi connectivity index (χ2n) is 5.90. The number of aromatic nitrogens is 3. The van der Waals surface area contributed by atoms with E-state index in [9.17, 15) is 9.90 Å². The highest BCUT2D eigenvalue weighted by Gasteiger charge is 2.14. The summed E-state index contributed by atoms with van der Waals surface area (Å²) in [5, 5.41) is 17.2. The number of amides is 1. The lowest BCUT2D eigenvalue weighted by atomic mass is 10.1. The van der Waals surface area contributed by atoms with Crippen molar-refractivity contribution in [2.45, 2.75) is 19.6 Å². The molecule has 3 aromatic rings. The number of hydrogen-bond donors (Lipinski definition) is 2. The first-order valence-corrected chi connectivity index (χ1v) is 8.14. The Balaban J connectivity index is 1.63. The first-order chi connectivity index (χ1) is 12.5. The molecule has 0 fully saturated rings. The molecule has 0 aliphatic carbocycles. The van der Waals surface area contributed by atoms with E-state index < -0.39 is 12.0 Å². The number of methoxy groups -OCH3 is 1. The molecule has 0 saturated heterocycles. The van der Waals surface area contributed by atoms with E-state index in [1.165, 1.54) is 11.0 Å². The summed E-state index contributed by atoms with van der Waals surface area (Å²) in [5.41, 5.74) is 2.51. The van der Waals surface area contributed by atoms with E-state index in [-0.39, 0.29) is 12.4 Å². The van der Waals surface area contributed by atoms with Crippen molar-refractivity contribution in [3.05, 3.63) is 71.8 Å². The van der Waals surface area contributed by atoms with Gasteiger partial charge < -0.3 is 15.2 Å². The number of aryl methyl sites for hydroxylation is 1. The first kappa shape index (κ1) is 17.6. The second-order valence-corrected chi connectivity index (χ2v) is 5.90. The van der Waals surface area contributed by atoms with Gasteiger partial charge in [-0.05, 0) is 36.8 Å². The zero-order chi connectivity index (χ0) is 18.5. The first-order valence-electron chi connectivity index (χ1n) is 8.14. The van der Waals surface area contributed by atoms with Crippen molar-refractivity contribution >= 4 is 11.6 Å². The molecule has 0 aliphatic rings. The van der Waals surface area contributed by atoms with Crippen molar-refractivity contribution in [3.8, 4) is 5.75 Å². The monoisotopic (exact) mass is 352 g/mol. The Labute approximate surface area is 151 Å². The molecule has 7 nitrogen and oxygen atoms in total. The van der Waals surface area contributed by atoms with Gasteiger partial charge in [0.2, 0.25) is 5.82 Å². The maximum Gasteiger partial charge on any atom is 0.295 e. The summed E-state index contributed by atoms with van der Waals surface area (Å²) in [6.45, 7) is 2.17. The number of benzene rings is 2. The largest absolute Gasteiger partial charge is 0.497 e. The van der Waals surface area contributed by atoms with Crippen molar-refractivity contribution < 1.29 is 14.6 Å². The molecule has 0 saturated carbocycles. The topological polar surface area (TPSA) is 89.3 Å². The van der Waals surface area contributed by atoms with Crippen LogP contribution in [0.3, 0.4) is 0 Å². The van der Waals surface area contributed by atoms with Gasteiger partial charge in [-0.2, -0.15) is 0 Å². The van der Waals surface area contributed by atoms with Crippen molar-refractivity contribution in [1.29, 1.82) is 0 Å². The van der Waals surface area contributed by atoms with Gasteiger partial charge in [0.05, 0.1) is 19.8 Å². The third-order valence-corrected chi connectivity index (χ3v) is 3.91. The summed E-state index contributed by atoms with van der Waals surface area (Å²) in [7, 11) is 1.59. The summed E-state index contributed by atoms with van der Waals surface area (Å²) in [6.07, 6.45) is 0.659. The van der Waals surface area contributed by atoms with E-state index in [0.29, 0.717) is 5.69 Å². The van der Waals surface area contributed by atoms with Gasteiger partial charge in [-0.3, -0.25) is 4.79 Å². The van der Waals surface area contributed by atoms with Crippen LogP contribution in [-0.4, -0.2) is 32.9 Å². The lowest BCUT2D eigenvalue weighted by Gasteiger charge is -2.11. The van der Waals surface area contributed by atoms with Crippen LogP contribution >= 0.6 is 0 Å². The minimum atomic E-state index is -0.768. The lowest BCUT2D eigenvalue weighted by Crippen LogP contribution is -2.15. The summed E-state index contributed by atoms with van der Waals surface area (Å²) in [5.74, 6) is 0.371. The quantitative estimate of drug-likeness (QED) is 0.712. The lowest BCUT2D eigenvalue weighted by molar-refractivity contribution is 0.101. The number of carbonyl (C=O) groups is 1. The van der Waals surface area contributed by atoms with E-state index in [1.807, 2.05) is 31.2 Å². The predicted molar refractivity (Wildman–Crippen MR) is 97.1 cm³/mol. The highest BCUT2D eigenvalue weighted by molar-refractivity contribution is 6.01. The standard InChI is InChI=1S/C19H20N4O3/c1-13-3-7-15(8-4-13)21-19(25)18-20-12-23(22-18)11-17(24)14-5-9-16(26-2)10-6-14/h3-10,12,17,24H,11H2,1-2H3,(H,21,25)/t17-/m0/s1. The van der Waals surface area contributed by atoms with Gasteiger partial charge in [0.25, 0.3) is 5.91 Å². The Morgan fingerprint density at radius 1 is 1.19 bits per heavy atom. The Morgan fingerprint density at radius 3 is 2.54 bits per heavy atom. The molecule has 7 heteroatoms. The Hall–Kier alpha value is -3.19. The summed E-state index contributed by atoms with van der Waals surface area (Å²) in [6, 6.07) is 14.6. The van der Waals surface area contributed by atoms with Crippen molar-refractivity contribution in [2.75, 3.05) is 12.4 Å². The normalized spacial score (nSPS) is 11.8. The van der Waals surface area contributed by atoms with Crippen LogP contribution in [0.4, 0.5) is 5.69 Å².